The molecule has 6 nitrogen and oxygen atoms in total. The van der Waals surface area contributed by atoms with E-state index in [0.717, 1.165) is 51.9 Å². The minimum Gasteiger partial charge on any atom is -0.372 e. The van der Waals surface area contributed by atoms with Gasteiger partial charge in [-0.3, -0.25) is 4.79 Å². The van der Waals surface area contributed by atoms with Crippen molar-refractivity contribution < 1.29 is 4.79 Å². The van der Waals surface area contributed by atoms with Crippen LogP contribution in [0.15, 0.2) is 72.8 Å². The normalized spacial score (nSPS) is 14.2. The number of nitrogens with zero attached hydrogens (tertiary/aromatic N) is 4. The van der Waals surface area contributed by atoms with Gasteiger partial charge in [-0.1, -0.05) is 30.3 Å². The number of amides is 1. The number of carbonyl (C=O) groups excluding carboxylic acids is 1. The molecule has 34 heavy (non-hydrogen) atoms. The molecule has 0 atom stereocenters. The Balaban J connectivity index is 1.22. The van der Waals surface area contributed by atoms with Crippen molar-refractivity contribution in [2.75, 3.05) is 23.3 Å². The van der Waals surface area contributed by atoms with E-state index in [-0.39, 0.29) is 5.91 Å². The first-order chi connectivity index (χ1) is 16.8. The van der Waals surface area contributed by atoms with Crippen molar-refractivity contribution in [1.29, 1.82) is 0 Å². The summed E-state index contributed by atoms with van der Waals surface area (Å²) in [5, 5.41) is 4.11. The van der Waals surface area contributed by atoms with Gasteiger partial charge >= 0.3 is 0 Å². The highest BCUT2D eigenvalue weighted by Gasteiger charge is 2.15. The average molecular weight is 450 g/mol. The quantitative estimate of drug-likeness (QED) is 0.371. The van der Waals surface area contributed by atoms with E-state index in [1.165, 1.54) is 24.9 Å². The van der Waals surface area contributed by atoms with E-state index in [1.54, 1.807) is 0 Å². The third-order valence-corrected chi connectivity index (χ3v) is 6.69. The van der Waals surface area contributed by atoms with Crippen molar-refractivity contribution in [2.24, 2.45) is 0 Å². The molecule has 2 aromatic heterocycles. The van der Waals surface area contributed by atoms with Crippen LogP contribution in [0.1, 0.15) is 25.7 Å². The zero-order valence-electron chi connectivity index (χ0n) is 19.1. The van der Waals surface area contributed by atoms with Gasteiger partial charge in [0, 0.05) is 42.8 Å². The van der Waals surface area contributed by atoms with Gasteiger partial charge in [-0.15, -0.1) is 0 Å². The second kappa shape index (κ2) is 8.78. The molecule has 6 rings (SSSR count). The van der Waals surface area contributed by atoms with Crippen LogP contribution >= 0.6 is 0 Å². The first-order valence-electron chi connectivity index (χ1n) is 12.0. The van der Waals surface area contributed by atoms with E-state index in [0.29, 0.717) is 13.0 Å². The molecule has 3 aromatic carbocycles. The van der Waals surface area contributed by atoms with Crippen LogP contribution in [0, 0.1) is 0 Å². The molecule has 1 amide bonds. The van der Waals surface area contributed by atoms with Crippen molar-refractivity contribution in [2.45, 2.75) is 32.2 Å². The number of aryl methyl sites for hydroxylation is 1. The van der Waals surface area contributed by atoms with Crippen molar-refractivity contribution in [3.63, 3.8) is 0 Å². The van der Waals surface area contributed by atoms with Crippen LogP contribution in [0.3, 0.4) is 0 Å². The molecule has 1 N–H and O–H groups in total. The van der Waals surface area contributed by atoms with E-state index in [1.807, 2.05) is 48.5 Å². The summed E-state index contributed by atoms with van der Waals surface area (Å²) in [5.74, 6) is -0.00889. The zero-order valence-corrected chi connectivity index (χ0v) is 19.1. The predicted molar refractivity (Wildman–Crippen MR) is 138 cm³/mol. The Morgan fingerprint density at radius 1 is 0.824 bits per heavy atom. The maximum absolute atomic E-state index is 12.8. The summed E-state index contributed by atoms with van der Waals surface area (Å²) in [6.07, 6.45) is 4.18. The highest BCUT2D eigenvalue weighted by molar-refractivity contribution is 6.06. The molecule has 1 saturated heterocycles. The van der Waals surface area contributed by atoms with Crippen LogP contribution in [0.4, 0.5) is 11.4 Å². The van der Waals surface area contributed by atoms with Crippen LogP contribution in [0.25, 0.3) is 33.1 Å². The second-order valence-electron chi connectivity index (χ2n) is 8.95. The highest BCUT2D eigenvalue weighted by atomic mass is 16.1. The molecule has 0 unspecified atom stereocenters. The van der Waals surface area contributed by atoms with Gasteiger partial charge in [0.2, 0.25) is 5.91 Å². The number of rotatable bonds is 5. The highest BCUT2D eigenvalue weighted by Crippen LogP contribution is 2.28. The maximum Gasteiger partial charge on any atom is 0.226 e. The van der Waals surface area contributed by atoms with Crippen LogP contribution in [-0.4, -0.2) is 33.5 Å². The molecule has 0 aliphatic carbocycles. The first-order valence-corrected chi connectivity index (χ1v) is 12.0. The van der Waals surface area contributed by atoms with Crippen LogP contribution in [-0.2, 0) is 11.3 Å². The van der Waals surface area contributed by atoms with E-state index < -0.39 is 0 Å². The Labute approximate surface area is 198 Å². The van der Waals surface area contributed by atoms with Crippen molar-refractivity contribution in [1.82, 2.24) is 14.5 Å². The average Bonchev–Trinajstić information content (AvgIpc) is 3.19. The topological polar surface area (TPSA) is 63.1 Å². The molecule has 1 aliphatic rings. The predicted octanol–water partition coefficient (Wildman–Crippen LogP) is 5.76. The van der Waals surface area contributed by atoms with Crippen LogP contribution < -0.4 is 10.2 Å². The van der Waals surface area contributed by atoms with Gasteiger partial charge in [0.15, 0.2) is 5.65 Å². The second-order valence-corrected chi connectivity index (χ2v) is 8.95. The number of piperidine rings is 1. The fourth-order valence-electron chi connectivity index (χ4n) is 4.95. The number of aromatic nitrogens is 3. The molecule has 1 fully saturated rings. The largest absolute Gasteiger partial charge is 0.372 e. The van der Waals surface area contributed by atoms with Gasteiger partial charge in [-0.25, -0.2) is 9.97 Å². The Hall–Kier alpha value is -3.93. The standard InChI is InChI=1S/C28H27N5O/c34-26(29-20-12-14-21(15-13-20)32-17-6-1-7-18-32)16-19-33-25-11-5-2-8-22(25)27-28(33)31-24-10-4-3-9-23(24)30-27/h2-5,8-15H,1,6-7,16-19H2,(H,29,34). The molecule has 1 aliphatic heterocycles. The van der Waals surface area contributed by atoms with E-state index in [2.05, 4.69) is 39.0 Å². The summed E-state index contributed by atoms with van der Waals surface area (Å²) >= 11 is 0. The van der Waals surface area contributed by atoms with Crippen molar-refractivity contribution in [3.05, 3.63) is 72.8 Å². The third-order valence-electron chi connectivity index (χ3n) is 6.69. The number of hydrogen-bond acceptors (Lipinski definition) is 4. The lowest BCUT2D eigenvalue weighted by Gasteiger charge is -2.28. The minimum atomic E-state index is -0.00889. The van der Waals surface area contributed by atoms with Gasteiger partial charge in [0.25, 0.3) is 0 Å². The van der Waals surface area contributed by atoms with Crippen LogP contribution in [0.5, 0.6) is 0 Å². The summed E-state index contributed by atoms with van der Waals surface area (Å²) < 4.78 is 2.11. The van der Waals surface area contributed by atoms with Gasteiger partial charge in [0.1, 0.15) is 5.52 Å². The van der Waals surface area contributed by atoms with Crippen LogP contribution in [0.2, 0.25) is 0 Å². The number of nitrogens with one attached hydrogen (secondary N) is 1. The summed E-state index contributed by atoms with van der Waals surface area (Å²) in [4.78, 5) is 25.0. The molecule has 6 heteroatoms. The van der Waals surface area contributed by atoms with E-state index in [4.69, 9.17) is 9.97 Å². The number of benzene rings is 3. The van der Waals surface area contributed by atoms with Gasteiger partial charge < -0.3 is 14.8 Å². The minimum absolute atomic E-state index is 0.00889. The Kier molecular flexibility index (Phi) is 5.34. The molecular weight excluding hydrogens is 422 g/mol. The molecule has 0 bridgehead atoms. The summed E-state index contributed by atoms with van der Waals surface area (Å²) in [6.45, 7) is 2.76. The molecule has 0 saturated carbocycles. The zero-order chi connectivity index (χ0) is 22.9. The smallest absolute Gasteiger partial charge is 0.226 e. The number of para-hydroxylation sites is 3. The molecule has 0 spiro atoms. The fourth-order valence-corrected chi connectivity index (χ4v) is 4.95. The number of hydrogen-bond donors (Lipinski definition) is 1. The SMILES string of the molecule is O=C(CCn1c2ccccc2c2nc3ccccc3nc21)Nc1ccc(N2CCCCC2)cc1. The molecule has 0 radical (unpaired) electrons. The Morgan fingerprint density at radius 2 is 1.53 bits per heavy atom. The first kappa shape index (κ1) is 20.7. The lowest BCUT2D eigenvalue weighted by atomic mass is 10.1. The monoisotopic (exact) mass is 449 g/mol. The molecular formula is C28H27N5O. The molecule has 3 heterocycles. The van der Waals surface area contributed by atoms with Crippen molar-refractivity contribution in [3.8, 4) is 0 Å². The van der Waals surface area contributed by atoms with E-state index >= 15 is 0 Å². The molecule has 5 aromatic rings. The molecule has 170 valence electrons. The van der Waals surface area contributed by atoms with Gasteiger partial charge in [-0.2, -0.15) is 0 Å². The Bertz CT molecular complexity index is 1480. The van der Waals surface area contributed by atoms with Gasteiger partial charge in [0.05, 0.1) is 16.6 Å². The van der Waals surface area contributed by atoms with Crippen molar-refractivity contribution >= 4 is 50.4 Å². The lowest BCUT2D eigenvalue weighted by Crippen LogP contribution is -2.29. The third kappa shape index (κ3) is 3.85. The summed E-state index contributed by atoms with van der Waals surface area (Å²) in [6, 6.07) is 24.3. The number of fused-ring (bicyclic) bond motifs is 4. The number of carbonyl (C=O) groups is 1. The fraction of sp³-hybridized carbons (Fsp3) is 0.250. The lowest BCUT2D eigenvalue weighted by molar-refractivity contribution is -0.116. The maximum atomic E-state index is 12.8. The van der Waals surface area contributed by atoms with E-state index in [9.17, 15) is 4.79 Å². The summed E-state index contributed by atoms with van der Waals surface area (Å²) in [7, 11) is 0. The van der Waals surface area contributed by atoms with Gasteiger partial charge in [-0.05, 0) is 61.7 Å². The number of anilines is 2. The Morgan fingerprint density at radius 3 is 2.32 bits per heavy atom. The summed E-state index contributed by atoms with van der Waals surface area (Å²) in [5.41, 5.74) is 6.54.